The summed E-state index contributed by atoms with van der Waals surface area (Å²) in [7, 11) is 4.00. The summed E-state index contributed by atoms with van der Waals surface area (Å²) in [5, 5.41) is 17.6. The summed E-state index contributed by atoms with van der Waals surface area (Å²) < 4.78 is 3.13. The SMILES string of the molecule is CN(Cc1cc(Br)cn1C)C[C@@H](C#N)CCC#N. The first-order valence-corrected chi connectivity index (χ1v) is 6.62. The molecule has 0 radical (unpaired) electrons. The number of hydrogen-bond donors (Lipinski definition) is 0. The Hall–Kier alpha value is -1.30. The lowest BCUT2D eigenvalue weighted by molar-refractivity contribution is 0.284. The average Bonchev–Trinajstić information content (AvgIpc) is 2.63. The zero-order valence-corrected chi connectivity index (χ0v) is 12.3. The number of aromatic nitrogens is 1. The molecule has 0 saturated heterocycles. The summed E-state index contributed by atoms with van der Waals surface area (Å²) in [5.74, 6) is -0.0710. The van der Waals surface area contributed by atoms with Gasteiger partial charge in [0.1, 0.15) is 0 Å². The van der Waals surface area contributed by atoms with Gasteiger partial charge in [0.05, 0.1) is 18.1 Å². The van der Waals surface area contributed by atoms with E-state index in [0.29, 0.717) is 19.4 Å². The van der Waals surface area contributed by atoms with E-state index in [-0.39, 0.29) is 5.92 Å². The predicted molar refractivity (Wildman–Crippen MR) is 73.4 cm³/mol. The topological polar surface area (TPSA) is 55.8 Å². The van der Waals surface area contributed by atoms with E-state index in [4.69, 9.17) is 10.5 Å². The molecular formula is C13H17BrN4. The highest BCUT2D eigenvalue weighted by molar-refractivity contribution is 9.10. The fraction of sp³-hybridized carbons (Fsp3) is 0.538. The van der Waals surface area contributed by atoms with Crippen molar-refractivity contribution >= 4 is 15.9 Å². The van der Waals surface area contributed by atoms with Crippen molar-refractivity contribution < 1.29 is 0 Å². The van der Waals surface area contributed by atoms with Gasteiger partial charge in [-0.15, -0.1) is 0 Å². The first-order valence-electron chi connectivity index (χ1n) is 5.82. The van der Waals surface area contributed by atoms with Gasteiger partial charge in [-0.1, -0.05) is 0 Å². The molecule has 1 atom stereocenters. The van der Waals surface area contributed by atoms with E-state index in [2.05, 4.69) is 43.6 Å². The smallest absolute Gasteiger partial charge is 0.0669 e. The molecule has 0 aliphatic rings. The quantitative estimate of drug-likeness (QED) is 0.812. The Morgan fingerprint density at radius 1 is 1.50 bits per heavy atom. The van der Waals surface area contributed by atoms with Crippen molar-refractivity contribution in [2.45, 2.75) is 19.4 Å². The van der Waals surface area contributed by atoms with E-state index in [0.717, 1.165) is 11.0 Å². The Balaban J connectivity index is 2.51. The number of hydrogen-bond acceptors (Lipinski definition) is 3. The zero-order valence-electron chi connectivity index (χ0n) is 10.7. The highest BCUT2D eigenvalue weighted by Crippen LogP contribution is 2.16. The van der Waals surface area contributed by atoms with E-state index < -0.39 is 0 Å². The van der Waals surface area contributed by atoms with E-state index in [1.807, 2.05) is 20.3 Å². The second-order valence-corrected chi connectivity index (χ2v) is 5.40. The lowest BCUT2D eigenvalue weighted by Crippen LogP contribution is -2.25. The number of halogens is 1. The van der Waals surface area contributed by atoms with E-state index >= 15 is 0 Å². The second-order valence-electron chi connectivity index (χ2n) is 4.48. The van der Waals surface area contributed by atoms with Gasteiger partial charge in [-0.25, -0.2) is 0 Å². The van der Waals surface area contributed by atoms with Crippen LogP contribution in [-0.4, -0.2) is 23.1 Å². The molecule has 0 bridgehead atoms. The van der Waals surface area contributed by atoms with Gasteiger partial charge < -0.3 is 4.57 Å². The van der Waals surface area contributed by atoms with Crippen LogP contribution in [0.1, 0.15) is 18.5 Å². The van der Waals surface area contributed by atoms with Crippen LogP contribution >= 0.6 is 15.9 Å². The molecule has 0 fully saturated rings. The van der Waals surface area contributed by atoms with Gasteiger partial charge in [0.15, 0.2) is 0 Å². The molecule has 0 saturated carbocycles. The minimum absolute atomic E-state index is 0.0710. The van der Waals surface area contributed by atoms with Crippen LogP contribution in [0.4, 0.5) is 0 Å². The third-order valence-electron chi connectivity index (χ3n) is 2.83. The molecule has 0 aliphatic heterocycles. The van der Waals surface area contributed by atoms with Gasteiger partial charge in [-0.05, 0) is 35.5 Å². The van der Waals surface area contributed by atoms with Crippen molar-refractivity contribution in [2.75, 3.05) is 13.6 Å². The summed E-state index contributed by atoms with van der Waals surface area (Å²) in [6.07, 6.45) is 3.11. The molecule has 1 aromatic rings. The molecule has 0 spiro atoms. The van der Waals surface area contributed by atoms with Crippen molar-refractivity contribution in [3.8, 4) is 12.1 Å². The Morgan fingerprint density at radius 3 is 2.72 bits per heavy atom. The lowest BCUT2D eigenvalue weighted by Gasteiger charge is -2.19. The number of nitriles is 2. The Labute approximate surface area is 117 Å². The van der Waals surface area contributed by atoms with Crippen molar-refractivity contribution in [3.05, 3.63) is 22.4 Å². The van der Waals surface area contributed by atoms with Crippen molar-refractivity contribution in [2.24, 2.45) is 13.0 Å². The minimum atomic E-state index is -0.0710. The van der Waals surface area contributed by atoms with Crippen molar-refractivity contribution in [3.63, 3.8) is 0 Å². The van der Waals surface area contributed by atoms with E-state index in [1.54, 1.807) is 0 Å². The molecule has 1 heterocycles. The molecule has 1 rings (SSSR count). The molecule has 0 amide bonds. The normalized spacial score (nSPS) is 12.1. The second kappa shape index (κ2) is 7.20. The molecule has 0 N–H and O–H groups in total. The molecule has 0 aliphatic carbocycles. The molecule has 0 unspecified atom stereocenters. The Bertz CT molecular complexity index is 466. The third-order valence-corrected chi connectivity index (χ3v) is 3.26. The molecule has 1 aromatic heterocycles. The molecule has 0 aromatic carbocycles. The summed E-state index contributed by atoms with van der Waals surface area (Å²) in [6.45, 7) is 1.49. The maximum atomic E-state index is 9.03. The van der Waals surface area contributed by atoms with Gasteiger partial charge in [-0.3, -0.25) is 4.90 Å². The highest BCUT2D eigenvalue weighted by atomic mass is 79.9. The summed E-state index contributed by atoms with van der Waals surface area (Å²) in [6, 6.07) is 6.43. The predicted octanol–water partition coefficient (Wildman–Crippen LogP) is 2.66. The van der Waals surface area contributed by atoms with Crippen LogP contribution in [-0.2, 0) is 13.6 Å². The number of nitrogens with zero attached hydrogens (tertiary/aromatic N) is 4. The number of rotatable bonds is 6. The van der Waals surface area contributed by atoms with Crippen molar-refractivity contribution in [1.82, 2.24) is 9.47 Å². The van der Waals surface area contributed by atoms with Gasteiger partial charge in [0.2, 0.25) is 0 Å². The maximum absolute atomic E-state index is 9.03. The Kier molecular flexibility index (Phi) is 5.91. The highest BCUT2D eigenvalue weighted by Gasteiger charge is 2.12. The van der Waals surface area contributed by atoms with Crippen LogP contribution in [0.15, 0.2) is 16.7 Å². The van der Waals surface area contributed by atoms with Gasteiger partial charge in [0.25, 0.3) is 0 Å². The molecule has 4 nitrogen and oxygen atoms in total. The van der Waals surface area contributed by atoms with Crippen LogP contribution < -0.4 is 0 Å². The monoisotopic (exact) mass is 308 g/mol. The maximum Gasteiger partial charge on any atom is 0.0669 e. The molecule has 96 valence electrons. The lowest BCUT2D eigenvalue weighted by atomic mass is 10.1. The first-order chi connectivity index (χ1) is 8.56. The molecular weight excluding hydrogens is 292 g/mol. The Morgan fingerprint density at radius 2 is 2.22 bits per heavy atom. The first kappa shape index (κ1) is 14.8. The van der Waals surface area contributed by atoms with E-state index in [9.17, 15) is 0 Å². The van der Waals surface area contributed by atoms with Gasteiger partial charge in [-0.2, -0.15) is 10.5 Å². The van der Waals surface area contributed by atoms with Gasteiger partial charge in [0, 0.05) is 42.9 Å². The van der Waals surface area contributed by atoms with Crippen LogP contribution in [0.3, 0.4) is 0 Å². The third kappa shape index (κ3) is 4.52. The molecule has 18 heavy (non-hydrogen) atoms. The fourth-order valence-corrected chi connectivity index (χ4v) is 2.45. The van der Waals surface area contributed by atoms with Gasteiger partial charge >= 0.3 is 0 Å². The zero-order chi connectivity index (χ0) is 13.5. The fourth-order valence-electron chi connectivity index (χ4n) is 1.88. The summed E-state index contributed by atoms with van der Waals surface area (Å²) in [4.78, 5) is 2.12. The van der Waals surface area contributed by atoms with E-state index in [1.165, 1.54) is 5.69 Å². The van der Waals surface area contributed by atoms with Crippen LogP contribution in [0, 0.1) is 28.6 Å². The standard InChI is InChI=1S/C13H17BrN4/c1-17(8-11(7-16)4-3-5-15)10-13-6-12(14)9-18(13)2/h6,9,11H,3-4,8,10H2,1-2H3/t11-/m1/s1. The average molecular weight is 309 g/mol. The van der Waals surface area contributed by atoms with Crippen LogP contribution in [0.5, 0.6) is 0 Å². The minimum Gasteiger partial charge on any atom is -0.352 e. The summed E-state index contributed by atoms with van der Waals surface area (Å²) in [5.41, 5.74) is 1.20. The van der Waals surface area contributed by atoms with Crippen LogP contribution in [0.25, 0.3) is 0 Å². The van der Waals surface area contributed by atoms with Crippen LogP contribution in [0.2, 0.25) is 0 Å². The largest absolute Gasteiger partial charge is 0.352 e. The van der Waals surface area contributed by atoms with Crippen molar-refractivity contribution in [1.29, 1.82) is 10.5 Å². The molecule has 5 heteroatoms. The summed E-state index contributed by atoms with van der Waals surface area (Å²) >= 11 is 3.44. The number of aryl methyl sites for hydroxylation is 1.